The normalized spacial score (nSPS) is 40.9. The zero-order valence-corrected chi connectivity index (χ0v) is 12.0. The van der Waals surface area contributed by atoms with Crippen LogP contribution in [0.5, 0.6) is 0 Å². The fourth-order valence-electron chi connectivity index (χ4n) is 3.64. The Bertz CT molecular complexity index is 251. The van der Waals surface area contributed by atoms with Crippen LogP contribution in [0.25, 0.3) is 0 Å². The van der Waals surface area contributed by atoms with Crippen LogP contribution in [0.4, 0.5) is 0 Å². The summed E-state index contributed by atoms with van der Waals surface area (Å²) >= 11 is 0. The van der Waals surface area contributed by atoms with Gasteiger partial charge in [-0.05, 0) is 32.2 Å². The Kier molecular flexibility index (Phi) is 4.14. The van der Waals surface area contributed by atoms with Gasteiger partial charge in [0.1, 0.15) is 0 Å². The quantitative estimate of drug-likeness (QED) is 0.812. The van der Waals surface area contributed by atoms with Crippen LogP contribution in [0, 0.1) is 11.3 Å². The van der Waals surface area contributed by atoms with E-state index in [4.69, 9.17) is 4.74 Å². The van der Waals surface area contributed by atoms with Gasteiger partial charge in [0.2, 0.25) is 0 Å². The van der Waals surface area contributed by atoms with Gasteiger partial charge < -0.3 is 10.1 Å². The summed E-state index contributed by atoms with van der Waals surface area (Å²) in [4.78, 5) is 0. The number of hydrogen-bond acceptors (Lipinski definition) is 2. The van der Waals surface area contributed by atoms with E-state index in [1.807, 2.05) is 0 Å². The Balaban J connectivity index is 1.88. The van der Waals surface area contributed by atoms with Gasteiger partial charge in [0, 0.05) is 11.5 Å². The third-order valence-corrected chi connectivity index (χ3v) is 5.23. The standard InChI is InChI=1S/C15H29NO/c1-5-11-8-6-7-9-12(11)17-14-10-13(16-4)15(14,2)3/h11-14,16H,5-10H2,1-4H3. The van der Waals surface area contributed by atoms with E-state index in [2.05, 4.69) is 33.1 Å². The predicted octanol–water partition coefficient (Wildman–Crippen LogP) is 3.36. The first-order valence-corrected chi connectivity index (χ1v) is 7.42. The van der Waals surface area contributed by atoms with Crippen LogP contribution in [-0.2, 0) is 4.74 Å². The molecule has 4 atom stereocenters. The molecule has 17 heavy (non-hydrogen) atoms. The van der Waals surface area contributed by atoms with Gasteiger partial charge >= 0.3 is 0 Å². The third-order valence-electron chi connectivity index (χ3n) is 5.23. The maximum Gasteiger partial charge on any atom is 0.0659 e. The van der Waals surface area contributed by atoms with E-state index in [-0.39, 0.29) is 0 Å². The van der Waals surface area contributed by atoms with Crippen molar-refractivity contribution in [2.75, 3.05) is 7.05 Å². The molecule has 0 aromatic heterocycles. The maximum atomic E-state index is 6.44. The minimum absolute atomic E-state index is 0.310. The van der Waals surface area contributed by atoms with Gasteiger partial charge in [0.15, 0.2) is 0 Å². The highest BCUT2D eigenvalue weighted by molar-refractivity contribution is 5.02. The third kappa shape index (κ3) is 2.53. The van der Waals surface area contributed by atoms with Gasteiger partial charge in [0.25, 0.3) is 0 Å². The minimum Gasteiger partial charge on any atom is -0.374 e. The van der Waals surface area contributed by atoms with Crippen molar-refractivity contribution in [1.29, 1.82) is 0 Å². The molecular formula is C15H29NO. The Morgan fingerprint density at radius 3 is 2.53 bits per heavy atom. The van der Waals surface area contributed by atoms with Crippen molar-refractivity contribution in [3.8, 4) is 0 Å². The zero-order valence-electron chi connectivity index (χ0n) is 12.0. The second-order valence-electron chi connectivity index (χ2n) is 6.51. The van der Waals surface area contributed by atoms with Crippen molar-refractivity contribution in [2.24, 2.45) is 11.3 Å². The summed E-state index contributed by atoms with van der Waals surface area (Å²) in [6.45, 7) is 6.99. The van der Waals surface area contributed by atoms with E-state index >= 15 is 0 Å². The molecule has 2 saturated carbocycles. The molecule has 0 aromatic rings. The molecule has 0 spiro atoms. The molecule has 0 aliphatic heterocycles. The lowest BCUT2D eigenvalue weighted by Crippen LogP contribution is -2.61. The maximum absolute atomic E-state index is 6.44. The lowest BCUT2D eigenvalue weighted by atomic mass is 9.64. The van der Waals surface area contributed by atoms with Crippen LogP contribution in [0.15, 0.2) is 0 Å². The van der Waals surface area contributed by atoms with Crippen LogP contribution in [-0.4, -0.2) is 25.3 Å². The summed E-state index contributed by atoms with van der Waals surface area (Å²) in [6.07, 6.45) is 8.92. The molecule has 4 unspecified atom stereocenters. The molecule has 0 heterocycles. The summed E-state index contributed by atoms with van der Waals surface area (Å²) in [5, 5.41) is 3.40. The molecule has 1 N–H and O–H groups in total. The number of hydrogen-bond donors (Lipinski definition) is 1. The number of rotatable bonds is 4. The molecule has 2 aliphatic carbocycles. The molecule has 0 saturated heterocycles. The molecule has 2 rings (SSSR count). The first-order valence-electron chi connectivity index (χ1n) is 7.42. The summed E-state index contributed by atoms with van der Waals surface area (Å²) in [7, 11) is 2.07. The smallest absolute Gasteiger partial charge is 0.0659 e. The Morgan fingerprint density at radius 1 is 1.24 bits per heavy atom. The highest BCUT2D eigenvalue weighted by Gasteiger charge is 2.49. The lowest BCUT2D eigenvalue weighted by molar-refractivity contribution is -0.166. The molecule has 2 nitrogen and oxygen atoms in total. The van der Waals surface area contributed by atoms with E-state index in [1.165, 1.54) is 38.5 Å². The molecule has 100 valence electrons. The first kappa shape index (κ1) is 13.4. The average molecular weight is 239 g/mol. The van der Waals surface area contributed by atoms with Crippen LogP contribution in [0.2, 0.25) is 0 Å². The fourth-order valence-corrected chi connectivity index (χ4v) is 3.64. The Hall–Kier alpha value is -0.0800. The lowest BCUT2D eigenvalue weighted by Gasteiger charge is -2.53. The topological polar surface area (TPSA) is 21.3 Å². The fraction of sp³-hybridized carbons (Fsp3) is 1.00. The van der Waals surface area contributed by atoms with Crippen molar-refractivity contribution in [2.45, 2.75) is 77.5 Å². The summed E-state index contributed by atoms with van der Waals surface area (Å²) in [5.41, 5.74) is 0.310. The molecule has 0 bridgehead atoms. The van der Waals surface area contributed by atoms with E-state index in [9.17, 15) is 0 Å². The van der Waals surface area contributed by atoms with Crippen LogP contribution in [0.1, 0.15) is 59.3 Å². The van der Waals surface area contributed by atoms with Crippen LogP contribution >= 0.6 is 0 Å². The second-order valence-corrected chi connectivity index (χ2v) is 6.51. The van der Waals surface area contributed by atoms with Gasteiger partial charge in [-0.1, -0.05) is 40.0 Å². The summed E-state index contributed by atoms with van der Waals surface area (Å²) < 4.78 is 6.44. The van der Waals surface area contributed by atoms with Crippen molar-refractivity contribution in [3.05, 3.63) is 0 Å². The predicted molar refractivity (Wildman–Crippen MR) is 72.2 cm³/mol. The second kappa shape index (κ2) is 5.27. The summed E-state index contributed by atoms with van der Waals surface area (Å²) in [6, 6.07) is 0.635. The zero-order chi connectivity index (χ0) is 12.5. The van der Waals surface area contributed by atoms with E-state index < -0.39 is 0 Å². The van der Waals surface area contributed by atoms with E-state index in [1.54, 1.807) is 0 Å². The summed E-state index contributed by atoms with van der Waals surface area (Å²) in [5.74, 6) is 0.813. The molecule has 0 radical (unpaired) electrons. The van der Waals surface area contributed by atoms with Gasteiger partial charge in [-0.3, -0.25) is 0 Å². The highest BCUT2D eigenvalue weighted by atomic mass is 16.5. The van der Waals surface area contributed by atoms with E-state index in [0.29, 0.717) is 23.7 Å². The molecule has 2 heteroatoms. The van der Waals surface area contributed by atoms with Gasteiger partial charge in [-0.15, -0.1) is 0 Å². The average Bonchev–Trinajstić information content (AvgIpc) is 2.34. The highest BCUT2D eigenvalue weighted by Crippen LogP contribution is 2.44. The molecule has 0 amide bonds. The minimum atomic E-state index is 0.310. The van der Waals surface area contributed by atoms with Crippen LogP contribution in [0.3, 0.4) is 0 Å². The van der Waals surface area contributed by atoms with Crippen molar-refractivity contribution in [1.82, 2.24) is 5.32 Å². The number of nitrogens with one attached hydrogen (secondary N) is 1. The molecular weight excluding hydrogens is 210 g/mol. The van der Waals surface area contributed by atoms with Crippen molar-refractivity contribution in [3.63, 3.8) is 0 Å². The van der Waals surface area contributed by atoms with Crippen molar-refractivity contribution >= 4 is 0 Å². The monoisotopic (exact) mass is 239 g/mol. The van der Waals surface area contributed by atoms with Crippen molar-refractivity contribution < 1.29 is 4.74 Å². The molecule has 2 aliphatic rings. The largest absolute Gasteiger partial charge is 0.374 e. The Morgan fingerprint density at radius 2 is 1.94 bits per heavy atom. The van der Waals surface area contributed by atoms with Gasteiger partial charge in [-0.2, -0.15) is 0 Å². The Labute approximate surface area is 107 Å². The van der Waals surface area contributed by atoms with E-state index in [0.717, 1.165) is 5.92 Å². The molecule has 0 aromatic carbocycles. The van der Waals surface area contributed by atoms with Crippen LogP contribution < -0.4 is 5.32 Å². The molecule has 2 fully saturated rings. The van der Waals surface area contributed by atoms with Gasteiger partial charge in [0.05, 0.1) is 12.2 Å². The SMILES string of the molecule is CCC1CCCCC1OC1CC(NC)C1(C)C. The number of ether oxygens (including phenoxy) is 1. The van der Waals surface area contributed by atoms with Gasteiger partial charge in [-0.25, -0.2) is 0 Å². The first-order chi connectivity index (χ1) is 8.09.